The van der Waals surface area contributed by atoms with Crippen LogP contribution in [0.4, 0.5) is 0 Å². The Bertz CT molecular complexity index is 285. The molecule has 0 amide bonds. The van der Waals surface area contributed by atoms with Crippen LogP contribution in [-0.4, -0.2) is 30.2 Å². The highest BCUT2D eigenvalue weighted by Gasteiger charge is 2.14. The molecule has 0 radical (unpaired) electrons. The lowest BCUT2D eigenvalue weighted by Gasteiger charge is -2.13. The molecule has 0 rings (SSSR count). The van der Waals surface area contributed by atoms with E-state index in [0.717, 1.165) is 19.4 Å². The van der Waals surface area contributed by atoms with Gasteiger partial charge in [0.15, 0.2) is 0 Å². The molecule has 0 aromatic heterocycles. The van der Waals surface area contributed by atoms with Gasteiger partial charge in [-0.1, -0.05) is 90.4 Å². The highest BCUT2D eigenvalue weighted by atomic mass is 16.4. The lowest BCUT2D eigenvalue weighted by atomic mass is 10.0. The van der Waals surface area contributed by atoms with Gasteiger partial charge in [-0.05, 0) is 32.4 Å². The van der Waals surface area contributed by atoms with E-state index in [1.54, 1.807) is 0 Å². The number of unbranched alkanes of at least 4 members (excludes halogenated alkanes) is 13. The molecular weight excluding hydrogens is 312 g/mol. The molecule has 0 saturated carbocycles. The van der Waals surface area contributed by atoms with Crippen LogP contribution in [0.3, 0.4) is 0 Å². The Hall–Kier alpha value is -0.610. The molecule has 4 nitrogen and oxygen atoms in total. The monoisotopic (exact) mass is 356 g/mol. The smallest absolute Gasteiger partial charge is 0.320 e. The number of rotatable bonds is 20. The van der Waals surface area contributed by atoms with Crippen molar-refractivity contribution in [3.8, 4) is 0 Å². The van der Waals surface area contributed by atoms with E-state index in [0.29, 0.717) is 13.0 Å². The van der Waals surface area contributed by atoms with E-state index < -0.39 is 12.0 Å². The van der Waals surface area contributed by atoms with E-state index in [1.807, 2.05) is 0 Å². The molecule has 25 heavy (non-hydrogen) atoms. The minimum absolute atomic E-state index is 0.425. The fourth-order valence-corrected chi connectivity index (χ4v) is 3.23. The molecule has 0 saturated heterocycles. The highest BCUT2D eigenvalue weighted by Crippen LogP contribution is 2.12. The molecule has 0 aliphatic rings. The van der Waals surface area contributed by atoms with E-state index in [2.05, 4.69) is 12.2 Å². The van der Waals surface area contributed by atoms with Gasteiger partial charge in [0.05, 0.1) is 0 Å². The summed E-state index contributed by atoms with van der Waals surface area (Å²) in [6.07, 6.45) is 20.3. The summed E-state index contributed by atoms with van der Waals surface area (Å²) < 4.78 is 0. The van der Waals surface area contributed by atoms with Crippen LogP contribution >= 0.6 is 0 Å². The van der Waals surface area contributed by atoms with Crippen molar-refractivity contribution < 1.29 is 9.90 Å². The van der Waals surface area contributed by atoms with Gasteiger partial charge in [-0.15, -0.1) is 0 Å². The van der Waals surface area contributed by atoms with E-state index in [9.17, 15) is 4.79 Å². The lowest BCUT2D eigenvalue weighted by molar-refractivity contribution is -0.139. The maximum absolute atomic E-state index is 11.1. The number of carboxylic acids is 1. The van der Waals surface area contributed by atoms with Gasteiger partial charge in [-0.25, -0.2) is 0 Å². The number of aliphatic carboxylic acids is 1. The summed E-state index contributed by atoms with van der Waals surface area (Å²) in [5.74, 6) is -0.751. The van der Waals surface area contributed by atoms with Gasteiger partial charge in [0.25, 0.3) is 0 Å². The van der Waals surface area contributed by atoms with Crippen molar-refractivity contribution in [2.75, 3.05) is 13.1 Å². The third-order valence-corrected chi connectivity index (χ3v) is 4.92. The largest absolute Gasteiger partial charge is 0.480 e. The third-order valence-electron chi connectivity index (χ3n) is 4.92. The number of hydrogen-bond acceptors (Lipinski definition) is 3. The number of carboxylic acid groups (broad SMARTS) is 1. The molecule has 0 aromatic carbocycles. The zero-order valence-electron chi connectivity index (χ0n) is 16.7. The molecule has 1 atom stereocenters. The van der Waals surface area contributed by atoms with Gasteiger partial charge < -0.3 is 16.2 Å². The Morgan fingerprint density at radius 1 is 0.800 bits per heavy atom. The molecule has 0 spiro atoms. The van der Waals surface area contributed by atoms with Gasteiger partial charge >= 0.3 is 5.97 Å². The van der Waals surface area contributed by atoms with Gasteiger partial charge in [-0.3, -0.25) is 4.79 Å². The minimum atomic E-state index is -0.751. The Morgan fingerprint density at radius 3 is 1.64 bits per heavy atom. The molecule has 150 valence electrons. The summed E-state index contributed by atoms with van der Waals surface area (Å²) in [6, 6.07) is -0.425. The Kier molecular flexibility index (Phi) is 19.2. The van der Waals surface area contributed by atoms with Crippen LogP contribution in [0.1, 0.15) is 110 Å². The van der Waals surface area contributed by atoms with Crippen molar-refractivity contribution >= 4 is 5.97 Å². The number of nitrogens with one attached hydrogen (secondary N) is 1. The third kappa shape index (κ3) is 18.0. The molecule has 4 N–H and O–H groups in total. The van der Waals surface area contributed by atoms with Gasteiger partial charge in [0, 0.05) is 0 Å². The second-order valence-corrected chi connectivity index (χ2v) is 7.37. The maximum Gasteiger partial charge on any atom is 0.320 e. The summed E-state index contributed by atoms with van der Waals surface area (Å²) in [7, 11) is 0. The first kappa shape index (κ1) is 24.4. The summed E-state index contributed by atoms with van der Waals surface area (Å²) in [6.45, 7) is 3.64. The summed E-state index contributed by atoms with van der Waals surface area (Å²) in [5.41, 5.74) is 5.44. The second-order valence-electron chi connectivity index (χ2n) is 7.37. The lowest BCUT2D eigenvalue weighted by Crippen LogP contribution is -2.37. The fraction of sp³-hybridized carbons (Fsp3) is 0.952. The molecule has 4 heteroatoms. The summed E-state index contributed by atoms with van der Waals surface area (Å²) >= 11 is 0. The Balaban J connectivity index is 3.24. The van der Waals surface area contributed by atoms with Crippen molar-refractivity contribution in [3.05, 3.63) is 0 Å². The van der Waals surface area contributed by atoms with Crippen LogP contribution in [0.15, 0.2) is 0 Å². The van der Waals surface area contributed by atoms with Gasteiger partial charge in [-0.2, -0.15) is 0 Å². The molecule has 0 fully saturated rings. The van der Waals surface area contributed by atoms with Crippen molar-refractivity contribution in [1.29, 1.82) is 0 Å². The second kappa shape index (κ2) is 19.7. The van der Waals surface area contributed by atoms with Crippen molar-refractivity contribution in [1.82, 2.24) is 5.32 Å². The number of hydrogen-bond donors (Lipinski definition) is 3. The van der Waals surface area contributed by atoms with Crippen LogP contribution < -0.4 is 11.1 Å². The van der Waals surface area contributed by atoms with E-state index >= 15 is 0 Å². The zero-order chi connectivity index (χ0) is 18.6. The topological polar surface area (TPSA) is 75.3 Å². The first-order valence-electron chi connectivity index (χ1n) is 10.9. The Labute approximate surface area is 156 Å². The molecule has 0 aliphatic carbocycles. The SMILES string of the molecule is CCCCCCCCCCCCCCCCN[C@@H](CCCN)C(=O)O. The fourth-order valence-electron chi connectivity index (χ4n) is 3.23. The van der Waals surface area contributed by atoms with E-state index in [4.69, 9.17) is 10.8 Å². The molecular formula is C21H44N2O2. The average molecular weight is 357 g/mol. The number of carbonyl (C=O) groups is 1. The normalized spacial score (nSPS) is 12.4. The van der Waals surface area contributed by atoms with Crippen LogP contribution in [0.25, 0.3) is 0 Å². The molecule has 0 bridgehead atoms. The molecule has 0 aromatic rings. The predicted octanol–water partition coefficient (Wildman–Crippen LogP) is 5.25. The first-order chi connectivity index (χ1) is 12.2. The van der Waals surface area contributed by atoms with Gasteiger partial charge in [0.1, 0.15) is 6.04 Å². The van der Waals surface area contributed by atoms with Crippen LogP contribution in [0, 0.1) is 0 Å². The predicted molar refractivity (Wildman–Crippen MR) is 108 cm³/mol. The molecule has 0 heterocycles. The zero-order valence-corrected chi connectivity index (χ0v) is 16.7. The molecule has 0 aliphatic heterocycles. The summed E-state index contributed by atoms with van der Waals surface area (Å²) in [5, 5.41) is 12.3. The van der Waals surface area contributed by atoms with E-state index in [1.165, 1.54) is 83.5 Å². The van der Waals surface area contributed by atoms with Crippen molar-refractivity contribution in [2.45, 2.75) is 116 Å². The standard InChI is InChI=1S/C21H44N2O2/c1-2-3-4-5-6-7-8-9-10-11-12-13-14-15-19-23-20(21(24)25)17-16-18-22/h20,23H,2-19,22H2,1H3,(H,24,25)/t20-/m0/s1. The highest BCUT2D eigenvalue weighted by molar-refractivity contribution is 5.73. The van der Waals surface area contributed by atoms with Crippen molar-refractivity contribution in [3.63, 3.8) is 0 Å². The molecule has 0 unspecified atom stereocenters. The van der Waals surface area contributed by atoms with Gasteiger partial charge in [0.2, 0.25) is 0 Å². The Morgan fingerprint density at radius 2 is 1.24 bits per heavy atom. The van der Waals surface area contributed by atoms with Crippen molar-refractivity contribution in [2.24, 2.45) is 5.73 Å². The minimum Gasteiger partial charge on any atom is -0.480 e. The number of nitrogens with two attached hydrogens (primary N) is 1. The summed E-state index contributed by atoms with van der Waals surface area (Å²) in [4.78, 5) is 11.1. The van der Waals surface area contributed by atoms with Crippen LogP contribution in [0.2, 0.25) is 0 Å². The van der Waals surface area contributed by atoms with Crippen LogP contribution in [0.5, 0.6) is 0 Å². The maximum atomic E-state index is 11.1. The first-order valence-corrected chi connectivity index (χ1v) is 10.9. The quantitative estimate of drug-likeness (QED) is 0.260. The van der Waals surface area contributed by atoms with Crippen LogP contribution in [-0.2, 0) is 4.79 Å². The average Bonchev–Trinajstić information content (AvgIpc) is 2.60. The van der Waals surface area contributed by atoms with E-state index in [-0.39, 0.29) is 0 Å².